The molecule has 3 nitrogen and oxygen atoms in total. The Hall–Kier alpha value is -4.24. The normalized spacial score (nSPS) is 11.8. The van der Waals surface area contributed by atoms with Gasteiger partial charge in [0.1, 0.15) is 5.75 Å². The van der Waals surface area contributed by atoms with Crippen LogP contribution in [0.3, 0.4) is 0 Å². The molecule has 0 radical (unpaired) electrons. The number of rotatable bonds is 5. The maximum Gasteiger partial charge on any atom is 0.124 e. The van der Waals surface area contributed by atoms with Crippen LogP contribution in [-0.4, -0.2) is 15.1 Å². The summed E-state index contributed by atoms with van der Waals surface area (Å²) in [6.07, 6.45) is 1.83. The number of phenolic OH excluding ortho intramolecular Hbond substituents is 1. The molecule has 0 aliphatic carbocycles. The molecular weight excluding hydrogens is 404 g/mol. The summed E-state index contributed by atoms with van der Waals surface area (Å²) in [5.41, 5.74) is 7.85. The van der Waals surface area contributed by atoms with Crippen molar-refractivity contribution in [2.45, 2.75) is 12.8 Å². The van der Waals surface area contributed by atoms with Gasteiger partial charge in [-0.25, -0.2) is 4.98 Å². The van der Waals surface area contributed by atoms with E-state index in [-0.39, 0.29) is 11.7 Å². The largest absolute Gasteiger partial charge is 0.507 e. The summed E-state index contributed by atoms with van der Waals surface area (Å²) in [5, 5.41) is 10.3. The Kier molecular flexibility index (Phi) is 5.69. The Labute approximate surface area is 194 Å². The third kappa shape index (κ3) is 4.26. The molecule has 0 spiro atoms. The van der Waals surface area contributed by atoms with E-state index in [1.165, 1.54) is 11.1 Å². The first-order chi connectivity index (χ1) is 16.2. The van der Waals surface area contributed by atoms with Crippen molar-refractivity contribution >= 4 is 0 Å². The topological polar surface area (TPSA) is 46.0 Å². The van der Waals surface area contributed by atoms with E-state index in [4.69, 9.17) is 4.98 Å². The summed E-state index contributed by atoms with van der Waals surface area (Å²) >= 11 is 0. The first-order valence-electron chi connectivity index (χ1n) is 11.1. The molecule has 0 bridgehead atoms. The second-order valence-corrected chi connectivity index (χ2v) is 8.07. The predicted molar refractivity (Wildman–Crippen MR) is 134 cm³/mol. The van der Waals surface area contributed by atoms with E-state index >= 15 is 0 Å². The molecule has 0 aliphatic rings. The van der Waals surface area contributed by atoms with E-state index in [0.29, 0.717) is 0 Å². The lowest BCUT2D eigenvalue weighted by molar-refractivity contribution is 0.477. The minimum atomic E-state index is 0.220. The van der Waals surface area contributed by atoms with Crippen LogP contribution in [0.15, 0.2) is 115 Å². The maximum atomic E-state index is 10.3. The molecule has 5 rings (SSSR count). The van der Waals surface area contributed by atoms with Crippen molar-refractivity contribution < 1.29 is 5.11 Å². The minimum Gasteiger partial charge on any atom is -0.507 e. The number of phenols is 1. The van der Waals surface area contributed by atoms with Gasteiger partial charge in [-0.05, 0) is 53.6 Å². The molecule has 0 saturated carbocycles. The summed E-state index contributed by atoms with van der Waals surface area (Å²) in [6, 6.07) is 36.2. The highest BCUT2D eigenvalue weighted by Crippen LogP contribution is 2.36. The second kappa shape index (κ2) is 9.09. The Morgan fingerprint density at radius 3 is 2.15 bits per heavy atom. The van der Waals surface area contributed by atoms with Gasteiger partial charge in [0, 0.05) is 28.8 Å². The number of aromatic hydroxyl groups is 1. The fourth-order valence-corrected chi connectivity index (χ4v) is 4.19. The van der Waals surface area contributed by atoms with Gasteiger partial charge in [0.15, 0.2) is 0 Å². The van der Waals surface area contributed by atoms with E-state index in [2.05, 4.69) is 54.4 Å². The molecule has 0 amide bonds. The molecule has 2 aromatic heterocycles. The Bertz CT molecular complexity index is 1380. The van der Waals surface area contributed by atoms with Crippen LogP contribution >= 0.6 is 0 Å². The molecule has 0 fully saturated rings. The molecule has 1 unspecified atom stereocenters. The number of hydrogen-bond donors (Lipinski definition) is 1. The van der Waals surface area contributed by atoms with Crippen LogP contribution in [0.5, 0.6) is 5.75 Å². The number of aromatic nitrogens is 2. The summed E-state index contributed by atoms with van der Waals surface area (Å²) in [6.45, 7) is 2.23. The van der Waals surface area contributed by atoms with Gasteiger partial charge >= 0.3 is 0 Å². The second-order valence-electron chi connectivity index (χ2n) is 8.07. The van der Waals surface area contributed by atoms with E-state index in [1.807, 2.05) is 66.9 Å². The Balaban J connectivity index is 1.62. The SMILES string of the molecule is CC(c1ccccc1)c1ccc(-c2cccc(-c3ccccc3O)n2)cc1-c1ccccn1. The molecule has 160 valence electrons. The molecule has 3 aromatic carbocycles. The van der Waals surface area contributed by atoms with E-state index in [0.717, 1.165) is 33.8 Å². The zero-order chi connectivity index (χ0) is 22.6. The molecule has 0 saturated heterocycles. The number of pyridine rings is 2. The third-order valence-electron chi connectivity index (χ3n) is 5.99. The van der Waals surface area contributed by atoms with Gasteiger partial charge in [-0.3, -0.25) is 4.98 Å². The smallest absolute Gasteiger partial charge is 0.124 e. The summed E-state index contributed by atoms with van der Waals surface area (Å²) in [5.74, 6) is 0.446. The van der Waals surface area contributed by atoms with Crippen LogP contribution < -0.4 is 0 Å². The zero-order valence-electron chi connectivity index (χ0n) is 18.4. The molecule has 2 heterocycles. The highest BCUT2D eigenvalue weighted by atomic mass is 16.3. The fraction of sp³-hybridized carbons (Fsp3) is 0.0667. The number of nitrogens with zero attached hydrogens (tertiary/aromatic N) is 2. The van der Waals surface area contributed by atoms with Crippen molar-refractivity contribution in [1.29, 1.82) is 0 Å². The molecule has 3 heteroatoms. The standard InChI is InChI=1S/C30H24N2O/c1-21(22-10-3-2-4-11-22)24-18-17-23(20-26(24)28-13-7-8-19-31-28)27-14-9-15-29(32-27)25-12-5-6-16-30(25)33/h2-21,33H,1H3. The van der Waals surface area contributed by atoms with Gasteiger partial charge in [0.2, 0.25) is 0 Å². The van der Waals surface area contributed by atoms with Gasteiger partial charge in [-0.2, -0.15) is 0 Å². The van der Waals surface area contributed by atoms with Crippen LogP contribution in [0.2, 0.25) is 0 Å². The Morgan fingerprint density at radius 2 is 1.36 bits per heavy atom. The monoisotopic (exact) mass is 428 g/mol. The van der Waals surface area contributed by atoms with Crippen molar-refractivity contribution in [2.75, 3.05) is 0 Å². The van der Waals surface area contributed by atoms with E-state index in [1.54, 1.807) is 6.07 Å². The first-order valence-corrected chi connectivity index (χ1v) is 11.1. The van der Waals surface area contributed by atoms with Gasteiger partial charge in [-0.1, -0.05) is 73.7 Å². The van der Waals surface area contributed by atoms with Gasteiger partial charge in [-0.15, -0.1) is 0 Å². The summed E-state index contributed by atoms with van der Waals surface area (Å²) in [4.78, 5) is 9.50. The summed E-state index contributed by atoms with van der Waals surface area (Å²) in [7, 11) is 0. The highest BCUT2D eigenvalue weighted by Gasteiger charge is 2.16. The van der Waals surface area contributed by atoms with Crippen LogP contribution in [0, 0.1) is 0 Å². The first kappa shape index (κ1) is 20.7. The Morgan fingerprint density at radius 1 is 0.636 bits per heavy atom. The van der Waals surface area contributed by atoms with E-state index in [9.17, 15) is 5.11 Å². The quantitative estimate of drug-likeness (QED) is 0.319. The predicted octanol–water partition coefficient (Wildman–Crippen LogP) is 7.34. The molecule has 5 aromatic rings. The molecule has 1 atom stereocenters. The van der Waals surface area contributed by atoms with Crippen molar-refractivity contribution in [2.24, 2.45) is 0 Å². The van der Waals surface area contributed by atoms with Crippen molar-refractivity contribution in [3.05, 3.63) is 127 Å². The number of hydrogen-bond acceptors (Lipinski definition) is 3. The lowest BCUT2D eigenvalue weighted by atomic mass is 9.87. The van der Waals surface area contributed by atoms with Crippen LogP contribution in [0.25, 0.3) is 33.8 Å². The van der Waals surface area contributed by atoms with Crippen molar-refractivity contribution in [3.8, 4) is 39.5 Å². The lowest BCUT2D eigenvalue weighted by Gasteiger charge is -2.18. The van der Waals surface area contributed by atoms with Crippen LogP contribution in [-0.2, 0) is 0 Å². The lowest BCUT2D eigenvalue weighted by Crippen LogP contribution is -2.00. The van der Waals surface area contributed by atoms with Crippen molar-refractivity contribution in [3.63, 3.8) is 0 Å². The van der Waals surface area contributed by atoms with Crippen molar-refractivity contribution in [1.82, 2.24) is 9.97 Å². The van der Waals surface area contributed by atoms with Gasteiger partial charge in [0.05, 0.1) is 17.1 Å². The molecule has 1 N–H and O–H groups in total. The minimum absolute atomic E-state index is 0.220. The summed E-state index contributed by atoms with van der Waals surface area (Å²) < 4.78 is 0. The molecule has 0 aliphatic heterocycles. The third-order valence-corrected chi connectivity index (χ3v) is 5.99. The average molecular weight is 429 g/mol. The van der Waals surface area contributed by atoms with Gasteiger partial charge in [0.25, 0.3) is 0 Å². The molecular formula is C30H24N2O. The zero-order valence-corrected chi connectivity index (χ0v) is 18.4. The number of benzene rings is 3. The van der Waals surface area contributed by atoms with Crippen LogP contribution in [0.1, 0.15) is 24.0 Å². The number of para-hydroxylation sites is 1. The van der Waals surface area contributed by atoms with Crippen LogP contribution in [0.4, 0.5) is 0 Å². The average Bonchev–Trinajstić information content (AvgIpc) is 2.89. The van der Waals surface area contributed by atoms with Gasteiger partial charge < -0.3 is 5.11 Å². The molecule has 33 heavy (non-hydrogen) atoms. The fourth-order valence-electron chi connectivity index (χ4n) is 4.19. The maximum absolute atomic E-state index is 10.3. The highest BCUT2D eigenvalue weighted by molar-refractivity contribution is 5.75. The van der Waals surface area contributed by atoms with E-state index < -0.39 is 0 Å².